The van der Waals surface area contributed by atoms with E-state index in [1.807, 2.05) is 37.2 Å². The zero-order valence-corrected chi connectivity index (χ0v) is 12.0. The summed E-state index contributed by atoms with van der Waals surface area (Å²) in [6, 6.07) is 5.64. The molecule has 4 heteroatoms. The Bertz CT molecular complexity index is 754. The van der Waals surface area contributed by atoms with Gasteiger partial charge in [0.15, 0.2) is 0 Å². The van der Waals surface area contributed by atoms with Crippen LogP contribution in [0, 0.1) is 11.8 Å². The molecule has 1 unspecified atom stereocenters. The lowest BCUT2D eigenvalue weighted by molar-refractivity contribution is 0.288. The van der Waals surface area contributed by atoms with Crippen molar-refractivity contribution in [3.05, 3.63) is 53.6 Å². The van der Waals surface area contributed by atoms with Gasteiger partial charge in [0.1, 0.15) is 11.5 Å². The van der Waals surface area contributed by atoms with Crippen molar-refractivity contribution >= 4 is 11.0 Å². The summed E-state index contributed by atoms with van der Waals surface area (Å²) in [4.78, 5) is 9.27. The number of aromatic nitrogens is 2. The van der Waals surface area contributed by atoms with Crippen molar-refractivity contribution in [1.29, 1.82) is 0 Å². The smallest absolute Gasteiger partial charge is 0.138 e. The molecule has 21 heavy (non-hydrogen) atoms. The lowest BCUT2D eigenvalue weighted by atomic mass is 9.99. The molecule has 3 rings (SSSR count). The molecule has 2 aromatic rings. The van der Waals surface area contributed by atoms with E-state index in [4.69, 9.17) is 0 Å². The second kappa shape index (κ2) is 5.55. The maximum absolute atomic E-state index is 13.7. The van der Waals surface area contributed by atoms with Gasteiger partial charge >= 0.3 is 0 Å². The van der Waals surface area contributed by atoms with E-state index in [0.29, 0.717) is 6.42 Å². The second-order valence-electron chi connectivity index (χ2n) is 5.30. The van der Waals surface area contributed by atoms with Crippen LogP contribution in [0.4, 0.5) is 4.39 Å². The van der Waals surface area contributed by atoms with Gasteiger partial charge in [-0.15, -0.1) is 0 Å². The second-order valence-corrected chi connectivity index (χ2v) is 5.30. The van der Waals surface area contributed by atoms with E-state index in [9.17, 15) is 4.39 Å². The summed E-state index contributed by atoms with van der Waals surface area (Å²) in [7, 11) is 3.75. The van der Waals surface area contributed by atoms with Crippen LogP contribution in [0.3, 0.4) is 0 Å². The molecule has 0 aromatic carbocycles. The third kappa shape index (κ3) is 2.88. The predicted molar refractivity (Wildman–Crippen MR) is 82.3 cm³/mol. The van der Waals surface area contributed by atoms with Crippen molar-refractivity contribution in [3.63, 3.8) is 0 Å². The van der Waals surface area contributed by atoms with Crippen molar-refractivity contribution in [2.24, 2.45) is 0 Å². The monoisotopic (exact) mass is 281 g/mol. The molecule has 0 radical (unpaired) electrons. The number of likely N-dealkylation sites (N-methyl/N-ethyl adjacent to an activating group) is 1. The Morgan fingerprint density at radius 1 is 1.33 bits per heavy atom. The van der Waals surface area contributed by atoms with Crippen LogP contribution in [0.2, 0.25) is 0 Å². The molecular weight excluding hydrogens is 265 g/mol. The first-order valence-electron chi connectivity index (χ1n) is 6.82. The van der Waals surface area contributed by atoms with Crippen LogP contribution in [0.25, 0.3) is 11.0 Å². The Hall–Kier alpha value is -2.38. The van der Waals surface area contributed by atoms with Crippen LogP contribution in [0.1, 0.15) is 12.1 Å². The van der Waals surface area contributed by atoms with Gasteiger partial charge in [-0.05, 0) is 50.4 Å². The van der Waals surface area contributed by atoms with Crippen LogP contribution < -0.4 is 0 Å². The number of hydrogen-bond donors (Lipinski definition) is 1. The van der Waals surface area contributed by atoms with Gasteiger partial charge in [0.2, 0.25) is 0 Å². The molecule has 0 saturated heterocycles. The van der Waals surface area contributed by atoms with Gasteiger partial charge in [-0.25, -0.2) is 9.37 Å². The first-order valence-corrected chi connectivity index (χ1v) is 6.82. The van der Waals surface area contributed by atoms with Gasteiger partial charge in [0.05, 0.1) is 11.7 Å². The standard InChI is InChI=1S/C17H16FN3/c1-21(2)16-10-12(6-8-15(16)18)5-7-14-11-13-4-3-9-19-17(13)20-14/h3-4,6,8-9,11,16H,10H2,1-2H3,(H,19,20). The minimum Gasteiger partial charge on any atom is -0.333 e. The number of halogens is 1. The molecule has 1 aliphatic carbocycles. The number of allylic oxidation sites excluding steroid dienone is 2. The highest BCUT2D eigenvalue weighted by Crippen LogP contribution is 2.23. The molecule has 1 aliphatic rings. The number of nitrogens with one attached hydrogen (secondary N) is 1. The number of H-pyrrole nitrogens is 1. The third-order valence-corrected chi connectivity index (χ3v) is 3.55. The third-order valence-electron chi connectivity index (χ3n) is 3.55. The average molecular weight is 281 g/mol. The molecule has 0 fully saturated rings. The van der Waals surface area contributed by atoms with E-state index in [0.717, 1.165) is 22.3 Å². The van der Waals surface area contributed by atoms with Crippen molar-refractivity contribution in [2.45, 2.75) is 12.5 Å². The summed E-state index contributed by atoms with van der Waals surface area (Å²) in [6.07, 6.45) is 5.60. The van der Waals surface area contributed by atoms with Gasteiger partial charge < -0.3 is 4.98 Å². The Morgan fingerprint density at radius 2 is 2.19 bits per heavy atom. The molecule has 2 aromatic heterocycles. The lowest BCUT2D eigenvalue weighted by Crippen LogP contribution is -2.30. The molecule has 1 N–H and O–H groups in total. The molecule has 0 saturated carbocycles. The quantitative estimate of drug-likeness (QED) is 0.815. The summed E-state index contributed by atoms with van der Waals surface area (Å²) >= 11 is 0. The zero-order chi connectivity index (χ0) is 14.8. The molecule has 0 amide bonds. The molecule has 2 heterocycles. The van der Waals surface area contributed by atoms with E-state index < -0.39 is 0 Å². The zero-order valence-electron chi connectivity index (χ0n) is 12.0. The molecular formula is C17H16FN3. The van der Waals surface area contributed by atoms with Crippen LogP contribution in [0.5, 0.6) is 0 Å². The number of rotatable bonds is 1. The molecule has 1 atom stereocenters. The van der Waals surface area contributed by atoms with E-state index in [-0.39, 0.29) is 11.9 Å². The van der Waals surface area contributed by atoms with Gasteiger partial charge in [-0.1, -0.05) is 5.92 Å². The van der Waals surface area contributed by atoms with Gasteiger partial charge in [-0.2, -0.15) is 0 Å². The molecule has 0 spiro atoms. The fraction of sp³-hybridized carbons (Fsp3) is 0.235. The fourth-order valence-electron chi connectivity index (χ4n) is 2.36. The van der Waals surface area contributed by atoms with Crippen molar-refractivity contribution in [1.82, 2.24) is 14.9 Å². The van der Waals surface area contributed by atoms with Crippen LogP contribution >= 0.6 is 0 Å². The summed E-state index contributed by atoms with van der Waals surface area (Å²) < 4.78 is 13.7. The summed E-state index contributed by atoms with van der Waals surface area (Å²) in [6.45, 7) is 0. The first kappa shape index (κ1) is 13.6. The maximum atomic E-state index is 13.7. The molecule has 0 aliphatic heterocycles. The first-order chi connectivity index (χ1) is 10.1. The van der Waals surface area contributed by atoms with E-state index in [1.54, 1.807) is 12.3 Å². The highest BCUT2D eigenvalue weighted by molar-refractivity contribution is 5.77. The number of fused-ring (bicyclic) bond motifs is 1. The highest BCUT2D eigenvalue weighted by atomic mass is 19.1. The van der Waals surface area contributed by atoms with Gasteiger partial charge in [0, 0.05) is 23.6 Å². The SMILES string of the molecule is CN(C)C1CC(C#Cc2cc3cccnc3[nH]2)=CC=C1F. The largest absolute Gasteiger partial charge is 0.333 e. The van der Waals surface area contributed by atoms with Crippen molar-refractivity contribution in [3.8, 4) is 11.8 Å². The maximum Gasteiger partial charge on any atom is 0.138 e. The Labute approximate surface area is 123 Å². The predicted octanol–water partition coefficient (Wildman–Crippen LogP) is 3.03. The highest BCUT2D eigenvalue weighted by Gasteiger charge is 2.20. The summed E-state index contributed by atoms with van der Waals surface area (Å²) in [5, 5.41) is 1.04. The van der Waals surface area contributed by atoms with Crippen molar-refractivity contribution in [2.75, 3.05) is 14.1 Å². The summed E-state index contributed by atoms with van der Waals surface area (Å²) in [5.41, 5.74) is 2.58. The van der Waals surface area contributed by atoms with Crippen molar-refractivity contribution < 1.29 is 4.39 Å². The summed E-state index contributed by atoms with van der Waals surface area (Å²) in [5.74, 6) is 6.10. The minimum absolute atomic E-state index is 0.111. The fourth-order valence-corrected chi connectivity index (χ4v) is 2.36. The number of nitrogens with zero attached hydrogens (tertiary/aromatic N) is 2. The van der Waals surface area contributed by atoms with Crippen LogP contribution in [-0.4, -0.2) is 35.0 Å². The number of pyridine rings is 1. The Balaban J connectivity index is 1.84. The molecule has 106 valence electrons. The molecule has 3 nitrogen and oxygen atoms in total. The van der Waals surface area contributed by atoms with E-state index >= 15 is 0 Å². The lowest BCUT2D eigenvalue weighted by Gasteiger charge is -2.24. The van der Waals surface area contributed by atoms with Crippen LogP contribution in [-0.2, 0) is 0 Å². The number of aromatic amines is 1. The number of hydrogen-bond acceptors (Lipinski definition) is 2. The minimum atomic E-state index is -0.219. The normalized spacial score (nSPS) is 18.2. The van der Waals surface area contributed by atoms with E-state index in [1.165, 1.54) is 6.08 Å². The van der Waals surface area contributed by atoms with Gasteiger partial charge in [0.25, 0.3) is 0 Å². The molecule has 0 bridgehead atoms. The topological polar surface area (TPSA) is 31.9 Å². The van der Waals surface area contributed by atoms with Crippen LogP contribution in [0.15, 0.2) is 47.9 Å². The van der Waals surface area contributed by atoms with Gasteiger partial charge in [-0.3, -0.25) is 4.90 Å². The Morgan fingerprint density at radius 3 is 2.95 bits per heavy atom. The van der Waals surface area contributed by atoms with E-state index in [2.05, 4.69) is 21.8 Å². The Kier molecular flexibility index (Phi) is 3.59. The average Bonchev–Trinajstić information content (AvgIpc) is 2.89.